The maximum atomic E-state index is 13.6. The first-order valence-electron chi connectivity index (χ1n) is 12.9. The zero-order chi connectivity index (χ0) is 26.4. The van der Waals surface area contributed by atoms with Crippen LogP contribution in [-0.2, 0) is 14.3 Å². The van der Waals surface area contributed by atoms with Crippen molar-refractivity contribution in [2.24, 2.45) is 0 Å². The summed E-state index contributed by atoms with van der Waals surface area (Å²) in [6.45, 7) is 11.9. The Balaban J connectivity index is 3.21. The van der Waals surface area contributed by atoms with Crippen molar-refractivity contribution in [1.29, 1.82) is 0 Å². The Morgan fingerprint density at radius 2 is 1.57 bits per heavy atom. The first-order valence-corrected chi connectivity index (χ1v) is 12.9. The monoisotopic (exact) mass is 491 g/mol. The topological polar surface area (TPSA) is 108 Å². The summed E-state index contributed by atoms with van der Waals surface area (Å²) in [5, 5.41) is 15.3. The minimum Gasteiger partial charge on any atom is -0.508 e. The molecule has 0 radical (unpaired) electrons. The van der Waals surface area contributed by atoms with Gasteiger partial charge in [0.05, 0.1) is 0 Å². The molecule has 0 saturated heterocycles. The van der Waals surface area contributed by atoms with Gasteiger partial charge in [-0.3, -0.25) is 9.59 Å². The molecule has 35 heavy (non-hydrogen) atoms. The molecule has 3 N–H and O–H groups in total. The largest absolute Gasteiger partial charge is 0.508 e. The molecule has 0 aromatic heterocycles. The molecular weight excluding hydrogens is 446 g/mol. The van der Waals surface area contributed by atoms with E-state index in [4.69, 9.17) is 4.74 Å². The second kappa shape index (κ2) is 15.3. The summed E-state index contributed by atoms with van der Waals surface area (Å²) in [7, 11) is 0. The summed E-state index contributed by atoms with van der Waals surface area (Å²) in [6, 6.07) is 4.56. The van der Waals surface area contributed by atoms with Gasteiger partial charge in [0, 0.05) is 13.1 Å². The molecule has 8 heteroatoms. The van der Waals surface area contributed by atoms with Crippen LogP contribution in [0.5, 0.6) is 5.75 Å². The number of phenols is 1. The number of aromatic hydroxyl groups is 1. The molecule has 0 bridgehead atoms. The van der Waals surface area contributed by atoms with Crippen LogP contribution in [-0.4, -0.2) is 52.6 Å². The molecule has 0 spiro atoms. The summed E-state index contributed by atoms with van der Waals surface area (Å²) in [5.41, 5.74) is -0.0938. The van der Waals surface area contributed by atoms with Gasteiger partial charge in [0.15, 0.2) is 0 Å². The Kier molecular flexibility index (Phi) is 13.2. The van der Waals surface area contributed by atoms with E-state index in [0.29, 0.717) is 18.7 Å². The van der Waals surface area contributed by atoms with Gasteiger partial charge in [-0.2, -0.15) is 0 Å². The summed E-state index contributed by atoms with van der Waals surface area (Å²) < 4.78 is 5.31. The Morgan fingerprint density at radius 1 is 0.971 bits per heavy atom. The molecule has 0 aliphatic carbocycles. The van der Waals surface area contributed by atoms with Crippen LogP contribution in [0.15, 0.2) is 24.3 Å². The molecule has 0 saturated carbocycles. The molecule has 0 aliphatic heterocycles. The number of rotatable bonds is 14. The van der Waals surface area contributed by atoms with Crippen molar-refractivity contribution in [2.75, 3.05) is 13.1 Å². The van der Waals surface area contributed by atoms with Crippen molar-refractivity contribution in [3.63, 3.8) is 0 Å². The van der Waals surface area contributed by atoms with E-state index in [1.54, 1.807) is 44.7 Å². The van der Waals surface area contributed by atoms with Gasteiger partial charge in [-0.05, 0) is 58.2 Å². The predicted molar refractivity (Wildman–Crippen MR) is 138 cm³/mol. The van der Waals surface area contributed by atoms with E-state index in [1.807, 2.05) is 0 Å². The van der Waals surface area contributed by atoms with Crippen molar-refractivity contribution in [3.8, 4) is 5.75 Å². The van der Waals surface area contributed by atoms with Crippen LogP contribution in [0.3, 0.4) is 0 Å². The summed E-state index contributed by atoms with van der Waals surface area (Å²) >= 11 is 0. The summed E-state index contributed by atoms with van der Waals surface area (Å²) in [4.78, 5) is 40.8. The molecule has 3 amide bonds. The lowest BCUT2D eigenvalue weighted by molar-refractivity contribution is -0.142. The van der Waals surface area contributed by atoms with Gasteiger partial charge >= 0.3 is 6.09 Å². The van der Waals surface area contributed by atoms with E-state index in [9.17, 15) is 19.5 Å². The molecule has 1 aromatic rings. The lowest BCUT2D eigenvalue weighted by Crippen LogP contribution is -2.52. The van der Waals surface area contributed by atoms with Crippen molar-refractivity contribution in [3.05, 3.63) is 29.8 Å². The molecule has 2 unspecified atom stereocenters. The second-order valence-corrected chi connectivity index (χ2v) is 9.95. The lowest BCUT2D eigenvalue weighted by atomic mass is 10.0. The van der Waals surface area contributed by atoms with Crippen LogP contribution in [0.1, 0.15) is 98.1 Å². The van der Waals surface area contributed by atoms with Crippen LogP contribution < -0.4 is 10.6 Å². The number of nitrogens with one attached hydrogen (secondary N) is 2. The number of unbranched alkanes of at least 4 members (excludes halogenated alkanes) is 5. The number of benzene rings is 1. The Morgan fingerprint density at radius 3 is 2.14 bits per heavy atom. The van der Waals surface area contributed by atoms with Crippen molar-refractivity contribution in [2.45, 2.75) is 104 Å². The average molecular weight is 492 g/mol. The molecule has 8 nitrogen and oxygen atoms in total. The highest BCUT2D eigenvalue weighted by molar-refractivity contribution is 5.92. The van der Waals surface area contributed by atoms with Crippen LogP contribution >= 0.6 is 0 Å². The quantitative estimate of drug-likeness (QED) is 0.315. The fraction of sp³-hybridized carbons (Fsp3) is 0.667. The zero-order valence-corrected chi connectivity index (χ0v) is 22.4. The minimum atomic E-state index is -0.886. The van der Waals surface area contributed by atoms with Gasteiger partial charge in [-0.25, -0.2) is 4.79 Å². The number of carbonyl (C=O) groups excluding carboxylic acids is 3. The fourth-order valence-electron chi connectivity index (χ4n) is 3.68. The van der Waals surface area contributed by atoms with E-state index in [-0.39, 0.29) is 17.6 Å². The maximum absolute atomic E-state index is 13.6. The van der Waals surface area contributed by atoms with Gasteiger partial charge in [0.25, 0.3) is 0 Å². The summed E-state index contributed by atoms with van der Waals surface area (Å²) in [5.74, 6) is -0.564. The number of amides is 3. The van der Waals surface area contributed by atoms with E-state index in [0.717, 1.165) is 44.9 Å². The average Bonchev–Trinajstić information content (AvgIpc) is 2.77. The SMILES string of the molecule is CCCCCCN(C(=O)C(C)NC(=O)OC(C)(C)C)C(C(=O)NCCCCC)c1ccc(O)cc1. The third kappa shape index (κ3) is 11.5. The number of ether oxygens (including phenoxy) is 1. The second-order valence-electron chi connectivity index (χ2n) is 9.95. The smallest absolute Gasteiger partial charge is 0.408 e. The number of hydrogen-bond acceptors (Lipinski definition) is 5. The highest BCUT2D eigenvalue weighted by Crippen LogP contribution is 2.25. The van der Waals surface area contributed by atoms with Crippen LogP contribution in [0.4, 0.5) is 4.79 Å². The van der Waals surface area contributed by atoms with Gasteiger partial charge in [-0.1, -0.05) is 58.1 Å². The Bertz CT molecular complexity index is 789. The lowest BCUT2D eigenvalue weighted by Gasteiger charge is -2.34. The van der Waals surface area contributed by atoms with Crippen molar-refractivity contribution >= 4 is 17.9 Å². The third-order valence-corrected chi connectivity index (χ3v) is 5.49. The Hall–Kier alpha value is -2.77. The first-order chi connectivity index (χ1) is 16.5. The van der Waals surface area contributed by atoms with Gasteiger partial charge in [0.2, 0.25) is 11.8 Å². The van der Waals surface area contributed by atoms with E-state index >= 15 is 0 Å². The van der Waals surface area contributed by atoms with Crippen molar-refractivity contribution in [1.82, 2.24) is 15.5 Å². The molecule has 0 heterocycles. The number of alkyl carbamates (subject to hydrolysis) is 1. The van der Waals surface area contributed by atoms with E-state index < -0.39 is 23.8 Å². The van der Waals surface area contributed by atoms with E-state index in [2.05, 4.69) is 24.5 Å². The van der Waals surface area contributed by atoms with Gasteiger partial charge < -0.3 is 25.4 Å². The molecular formula is C27H45N3O5. The van der Waals surface area contributed by atoms with Crippen LogP contribution in [0.25, 0.3) is 0 Å². The summed E-state index contributed by atoms with van der Waals surface area (Å²) in [6.07, 6.45) is 5.93. The maximum Gasteiger partial charge on any atom is 0.408 e. The van der Waals surface area contributed by atoms with Crippen LogP contribution in [0.2, 0.25) is 0 Å². The molecule has 198 valence electrons. The number of hydrogen-bond donors (Lipinski definition) is 3. The standard InChI is InChI=1S/C27H45N3O5/c1-7-9-11-13-19-30(25(33)20(3)29-26(34)35-27(4,5)6)23(21-14-16-22(31)17-15-21)24(32)28-18-12-10-8-2/h14-17,20,23,31H,7-13,18-19H2,1-6H3,(H,28,32)(H,29,34). The zero-order valence-electron chi connectivity index (χ0n) is 22.4. The predicted octanol–water partition coefficient (Wildman–Crippen LogP) is 5.06. The number of nitrogens with zero attached hydrogens (tertiary/aromatic N) is 1. The van der Waals surface area contributed by atoms with Gasteiger partial charge in [-0.15, -0.1) is 0 Å². The number of carbonyl (C=O) groups is 3. The Labute approximate surface area is 210 Å². The molecule has 2 atom stereocenters. The molecule has 0 fully saturated rings. The van der Waals surface area contributed by atoms with Crippen molar-refractivity contribution < 1.29 is 24.2 Å². The van der Waals surface area contributed by atoms with Crippen LogP contribution in [0, 0.1) is 0 Å². The normalized spacial score (nSPS) is 13.0. The third-order valence-electron chi connectivity index (χ3n) is 5.49. The fourth-order valence-corrected chi connectivity index (χ4v) is 3.68. The first kappa shape index (κ1) is 30.3. The number of phenolic OH excluding ortho intramolecular Hbond substituents is 1. The van der Waals surface area contributed by atoms with Gasteiger partial charge in [0.1, 0.15) is 23.4 Å². The van der Waals surface area contributed by atoms with E-state index in [1.165, 1.54) is 12.1 Å². The molecule has 0 aliphatic rings. The minimum absolute atomic E-state index is 0.0802. The molecule has 1 rings (SSSR count). The molecule has 1 aromatic carbocycles. The highest BCUT2D eigenvalue weighted by atomic mass is 16.6. The highest BCUT2D eigenvalue weighted by Gasteiger charge is 2.34.